The molecule has 1 saturated heterocycles. The topological polar surface area (TPSA) is 58.6 Å². The molecule has 2 aliphatic heterocycles. The lowest BCUT2D eigenvalue weighted by Crippen LogP contribution is -2.37. The van der Waals surface area contributed by atoms with Crippen LogP contribution in [-0.4, -0.2) is 54.0 Å². The lowest BCUT2D eigenvalue weighted by molar-refractivity contribution is -0.112. The van der Waals surface area contributed by atoms with E-state index in [1.165, 1.54) is 4.88 Å². The SMILES string of the molecule is Cc1nc(CCN2Cc3nccc(N4CCOCC4)c3C2C=O)sc1C. The van der Waals surface area contributed by atoms with E-state index >= 15 is 0 Å². The molecule has 0 aliphatic carbocycles. The van der Waals surface area contributed by atoms with Crippen LogP contribution < -0.4 is 4.90 Å². The van der Waals surface area contributed by atoms with Crippen LogP contribution in [0.4, 0.5) is 5.69 Å². The van der Waals surface area contributed by atoms with E-state index in [-0.39, 0.29) is 6.04 Å². The smallest absolute Gasteiger partial charge is 0.141 e. The maximum absolute atomic E-state index is 12.0. The van der Waals surface area contributed by atoms with Crippen LogP contribution >= 0.6 is 11.3 Å². The van der Waals surface area contributed by atoms with Gasteiger partial charge in [0.25, 0.3) is 0 Å². The molecule has 2 aromatic heterocycles. The average Bonchev–Trinajstić information content (AvgIpc) is 3.19. The summed E-state index contributed by atoms with van der Waals surface area (Å²) in [5.74, 6) is 0. The van der Waals surface area contributed by atoms with E-state index in [0.717, 1.165) is 79.7 Å². The number of ether oxygens (including phenoxy) is 1. The van der Waals surface area contributed by atoms with Crippen LogP contribution in [0.1, 0.15) is 32.9 Å². The summed E-state index contributed by atoms with van der Waals surface area (Å²) >= 11 is 1.75. The average molecular weight is 372 g/mol. The molecule has 0 bridgehead atoms. The normalized spacial score (nSPS) is 20.4. The van der Waals surface area contributed by atoms with Crippen molar-refractivity contribution in [2.75, 3.05) is 37.7 Å². The van der Waals surface area contributed by atoms with Gasteiger partial charge in [-0.05, 0) is 19.9 Å². The van der Waals surface area contributed by atoms with Gasteiger partial charge >= 0.3 is 0 Å². The number of carbonyl (C=O) groups excluding carboxylic acids is 1. The van der Waals surface area contributed by atoms with Crippen LogP contribution in [0.3, 0.4) is 0 Å². The highest BCUT2D eigenvalue weighted by Crippen LogP contribution is 2.38. The van der Waals surface area contributed by atoms with E-state index in [9.17, 15) is 4.79 Å². The number of morpholine rings is 1. The lowest BCUT2D eigenvalue weighted by Gasteiger charge is -2.31. The molecule has 0 aromatic carbocycles. The van der Waals surface area contributed by atoms with Crippen LogP contribution in [0, 0.1) is 13.8 Å². The Balaban J connectivity index is 1.54. The van der Waals surface area contributed by atoms with Crippen LogP contribution in [-0.2, 0) is 22.5 Å². The molecule has 2 aliphatic rings. The summed E-state index contributed by atoms with van der Waals surface area (Å²) < 4.78 is 5.47. The third-order valence-electron chi connectivity index (χ3n) is 5.26. The van der Waals surface area contributed by atoms with E-state index < -0.39 is 0 Å². The Labute approximate surface area is 157 Å². The summed E-state index contributed by atoms with van der Waals surface area (Å²) in [6.45, 7) is 8.88. The van der Waals surface area contributed by atoms with Crippen molar-refractivity contribution < 1.29 is 9.53 Å². The van der Waals surface area contributed by atoms with Gasteiger partial charge in [0, 0.05) is 54.9 Å². The Hall–Kier alpha value is -1.83. The zero-order valence-electron chi connectivity index (χ0n) is 15.3. The summed E-state index contributed by atoms with van der Waals surface area (Å²) in [4.78, 5) is 27.0. The predicted octanol–water partition coefficient (Wildman–Crippen LogP) is 2.29. The molecule has 1 atom stereocenters. The number of fused-ring (bicyclic) bond motifs is 1. The van der Waals surface area contributed by atoms with E-state index in [4.69, 9.17) is 4.74 Å². The number of hydrogen-bond donors (Lipinski definition) is 0. The number of aldehydes is 1. The van der Waals surface area contributed by atoms with Crippen LogP contribution in [0.5, 0.6) is 0 Å². The Morgan fingerprint density at radius 2 is 2.15 bits per heavy atom. The molecular weight excluding hydrogens is 348 g/mol. The minimum absolute atomic E-state index is 0.223. The van der Waals surface area contributed by atoms with Crippen molar-refractivity contribution in [3.63, 3.8) is 0 Å². The van der Waals surface area contributed by atoms with Gasteiger partial charge in [0.05, 0.1) is 35.7 Å². The maximum atomic E-state index is 12.0. The largest absolute Gasteiger partial charge is 0.378 e. The van der Waals surface area contributed by atoms with Crippen molar-refractivity contribution in [3.05, 3.63) is 39.1 Å². The van der Waals surface area contributed by atoms with Crippen LogP contribution in [0.15, 0.2) is 12.3 Å². The number of rotatable bonds is 5. The first-order chi connectivity index (χ1) is 12.7. The highest BCUT2D eigenvalue weighted by molar-refractivity contribution is 7.11. The quantitative estimate of drug-likeness (QED) is 0.751. The summed E-state index contributed by atoms with van der Waals surface area (Å²) in [5.41, 5.74) is 4.35. The Morgan fingerprint density at radius 1 is 1.35 bits per heavy atom. The molecule has 0 saturated carbocycles. The van der Waals surface area contributed by atoms with Gasteiger partial charge in [-0.3, -0.25) is 9.88 Å². The van der Waals surface area contributed by atoms with Gasteiger partial charge in [-0.15, -0.1) is 11.3 Å². The molecule has 0 amide bonds. The minimum atomic E-state index is -0.223. The molecule has 7 heteroatoms. The Kier molecular flexibility index (Phi) is 5.02. The van der Waals surface area contributed by atoms with Crippen molar-refractivity contribution in [3.8, 4) is 0 Å². The van der Waals surface area contributed by atoms with Crippen LogP contribution in [0.25, 0.3) is 0 Å². The van der Waals surface area contributed by atoms with Gasteiger partial charge in [0.2, 0.25) is 0 Å². The predicted molar refractivity (Wildman–Crippen MR) is 102 cm³/mol. The van der Waals surface area contributed by atoms with Gasteiger partial charge in [0.15, 0.2) is 0 Å². The first-order valence-electron chi connectivity index (χ1n) is 9.10. The molecule has 138 valence electrons. The van der Waals surface area contributed by atoms with Crippen molar-refractivity contribution in [1.82, 2.24) is 14.9 Å². The number of hydrogen-bond acceptors (Lipinski definition) is 7. The number of anilines is 1. The molecule has 26 heavy (non-hydrogen) atoms. The van der Waals surface area contributed by atoms with Crippen molar-refractivity contribution in [2.45, 2.75) is 32.9 Å². The molecule has 0 spiro atoms. The summed E-state index contributed by atoms with van der Waals surface area (Å²) in [5, 5.41) is 1.14. The van der Waals surface area contributed by atoms with Gasteiger partial charge in [-0.1, -0.05) is 0 Å². The third-order valence-corrected chi connectivity index (χ3v) is 6.39. The molecule has 0 N–H and O–H groups in total. The van der Waals surface area contributed by atoms with E-state index in [1.807, 2.05) is 19.2 Å². The summed E-state index contributed by atoms with van der Waals surface area (Å²) in [6, 6.07) is 1.82. The standard InChI is InChI=1S/C19H24N4O2S/c1-13-14(2)26-18(21-13)4-6-23-11-15-19(17(23)12-24)16(3-5-20-15)22-7-9-25-10-8-22/h3,5,12,17H,4,6-11H2,1-2H3. The van der Waals surface area contributed by atoms with Gasteiger partial charge in [-0.2, -0.15) is 0 Å². The molecule has 0 radical (unpaired) electrons. The number of aryl methyl sites for hydroxylation is 2. The fourth-order valence-electron chi connectivity index (χ4n) is 3.76. The third kappa shape index (κ3) is 3.26. The molecule has 4 rings (SSSR count). The first-order valence-corrected chi connectivity index (χ1v) is 9.91. The fourth-order valence-corrected chi connectivity index (χ4v) is 4.69. The maximum Gasteiger partial charge on any atom is 0.141 e. The number of aromatic nitrogens is 2. The van der Waals surface area contributed by atoms with Crippen LogP contribution in [0.2, 0.25) is 0 Å². The summed E-state index contributed by atoms with van der Waals surface area (Å²) in [6.07, 6.45) is 3.79. The zero-order chi connectivity index (χ0) is 18.1. The molecule has 6 nitrogen and oxygen atoms in total. The monoisotopic (exact) mass is 372 g/mol. The van der Waals surface area contributed by atoms with E-state index in [1.54, 1.807) is 11.3 Å². The fraction of sp³-hybridized carbons (Fsp3) is 0.526. The zero-order valence-corrected chi connectivity index (χ0v) is 16.1. The molecule has 1 unspecified atom stereocenters. The number of carbonyl (C=O) groups is 1. The second-order valence-corrected chi connectivity index (χ2v) is 8.13. The van der Waals surface area contributed by atoms with Crippen molar-refractivity contribution in [1.29, 1.82) is 0 Å². The second-order valence-electron chi connectivity index (χ2n) is 6.84. The van der Waals surface area contributed by atoms with E-state index in [0.29, 0.717) is 0 Å². The molecule has 2 aromatic rings. The van der Waals surface area contributed by atoms with Crippen molar-refractivity contribution >= 4 is 23.3 Å². The van der Waals surface area contributed by atoms with E-state index in [2.05, 4.69) is 26.7 Å². The molecular formula is C19H24N4O2S. The first kappa shape index (κ1) is 17.6. The molecule has 4 heterocycles. The number of pyridine rings is 1. The number of thiazole rings is 1. The minimum Gasteiger partial charge on any atom is -0.378 e. The lowest BCUT2D eigenvalue weighted by atomic mass is 10.1. The Morgan fingerprint density at radius 3 is 2.85 bits per heavy atom. The van der Waals surface area contributed by atoms with Gasteiger partial charge in [-0.25, -0.2) is 4.98 Å². The molecule has 1 fully saturated rings. The second kappa shape index (κ2) is 7.42. The summed E-state index contributed by atoms with van der Waals surface area (Å²) in [7, 11) is 0. The number of nitrogens with zero attached hydrogens (tertiary/aromatic N) is 4. The van der Waals surface area contributed by atoms with Gasteiger partial charge in [0.1, 0.15) is 6.29 Å². The highest BCUT2D eigenvalue weighted by Gasteiger charge is 2.34. The van der Waals surface area contributed by atoms with Crippen molar-refractivity contribution in [2.24, 2.45) is 0 Å². The highest BCUT2D eigenvalue weighted by atomic mass is 32.1. The van der Waals surface area contributed by atoms with Gasteiger partial charge < -0.3 is 14.4 Å². The Bertz CT molecular complexity index is 781.